The highest BCUT2D eigenvalue weighted by atomic mass is 32.1. The molecule has 0 unspecified atom stereocenters. The first kappa shape index (κ1) is 18.6. The van der Waals surface area contributed by atoms with Gasteiger partial charge in [-0.1, -0.05) is 24.3 Å². The number of nitrogens with one attached hydrogen (secondary N) is 2. The summed E-state index contributed by atoms with van der Waals surface area (Å²) in [5.41, 5.74) is 3.67. The van der Waals surface area contributed by atoms with Crippen molar-refractivity contribution in [2.45, 2.75) is 26.7 Å². The number of hydrogen-bond donors (Lipinski definition) is 2. The number of pyridine rings is 1. The first-order valence-electron chi connectivity index (χ1n) is 8.56. The molecule has 0 spiro atoms. The molecule has 0 aliphatic carbocycles. The number of nitriles is 1. The average molecular weight is 377 g/mol. The summed E-state index contributed by atoms with van der Waals surface area (Å²) in [6.45, 7) is 3.54. The number of carbonyl (C=O) groups excluding carboxylic acids is 1. The molecule has 2 aromatic heterocycles. The summed E-state index contributed by atoms with van der Waals surface area (Å²) >= 11 is 1.62. The molecule has 5 nitrogen and oxygen atoms in total. The zero-order valence-corrected chi connectivity index (χ0v) is 15.9. The first-order chi connectivity index (χ1) is 13.0. The van der Waals surface area contributed by atoms with E-state index in [1.807, 2.05) is 47.8 Å². The molecule has 1 amide bonds. The van der Waals surface area contributed by atoms with Gasteiger partial charge >= 0.3 is 0 Å². The van der Waals surface area contributed by atoms with Crippen molar-refractivity contribution in [3.63, 3.8) is 0 Å². The smallest absolute Gasteiger partial charge is 0.266 e. The van der Waals surface area contributed by atoms with Crippen LogP contribution in [0.1, 0.15) is 28.8 Å². The number of thiophene rings is 1. The molecule has 0 bridgehead atoms. The van der Waals surface area contributed by atoms with E-state index in [1.165, 1.54) is 0 Å². The van der Waals surface area contributed by atoms with Gasteiger partial charge in [0.15, 0.2) is 0 Å². The topological polar surface area (TPSA) is 85.8 Å². The van der Waals surface area contributed by atoms with Gasteiger partial charge < -0.3 is 10.3 Å². The second-order valence-electron chi connectivity index (χ2n) is 6.24. The SMILES string of the molecule is Cc1[nH]c(=O)c(C#N)c(C)c1CCC(=O)Nc1ccccc1-c1cccs1. The first-order valence-corrected chi connectivity index (χ1v) is 9.44. The van der Waals surface area contributed by atoms with Crippen molar-refractivity contribution < 1.29 is 4.79 Å². The van der Waals surface area contributed by atoms with Crippen LogP contribution in [0.15, 0.2) is 46.6 Å². The number of rotatable bonds is 5. The summed E-state index contributed by atoms with van der Waals surface area (Å²) in [7, 11) is 0. The highest BCUT2D eigenvalue weighted by Gasteiger charge is 2.14. The Hall–Kier alpha value is -3.17. The Balaban J connectivity index is 1.76. The molecule has 0 saturated heterocycles. The van der Waals surface area contributed by atoms with E-state index in [0.717, 1.165) is 21.7 Å². The van der Waals surface area contributed by atoms with Crippen LogP contribution in [-0.2, 0) is 11.2 Å². The van der Waals surface area contributed by atoms with Gasteiger partial charge in [-0.05, 0) is 48.9 Å². The van der Waals surface area contributed by atoms with Gasteiger partial charge in [0.2, 0.25) is 5.91 Å². The zero-order valence-electron chi connectivity index (χ0n) is 15.1. The molecule has 2 N–H and O–H groups in total. The Morgan fingerprint density at radius 2 is 2.00 bits per heavy atom. The van der Waals surface area contributed by atoms with Gasteiger partial charge in [0.05, 0.1) is 0 Å². The molecule has 3 rings (SSSR count). The van der Waals surface area contributed by atoms with Crippen molar-refractivity contribution in [3.8, 4) is 16.5 Å². The second kappa shape index (κ2) is 8.02. The fourth-order valence-electron chi connectivity index (χ4n) is 3.11. The van der Waals surface area contributed by atoms with Gasteiger partial charge in [0.25, 0.3) is 5.56 Å². The third-order valence-corrected chi connectivity index (χ3v) is 5.41. The zero-order chi connectivity index (χ0) is 19.4. The van der Waals surface area contributed by atoms with Gasteiger partial charge in [0.1, 0.15) is 11.6 Å². The van der Waals surface area contributed by atoms with Crippen molar-refractivity contribution in [2.24, 2.45) is 0 Å². The fourth-order valence-corrected chi connectivity index (χ4v) is 3.88. The molecular weight excluding hydrogens is 358 g/mol. The third-order valence-electron chi connectivity index (χ3n) is 4.51. The Bertz CT molecular complexity index is 1080. The minimum absolute atomic E-state index is 0.109. The maximum atomic E-state index is 12.5. The summed E-state index contributed by atoms with van der Waals surface area (Å²) < 4.78 is 0. The van der Waals surface area contributed by atoms with Crippen LogP contribution in [0.3, 0.4) is 0 Å². The molecule has 0 radical (unpaired) electrons. The Morgan fingerprint density at radius 1 is 1.22 bits per heavy atom. The standard InChI is InChI=1S/C21H19N3O2S/c1-13-15(14(2)23-21(26)17(13)12-22)9-10-20(25)24-18-7-4-3-6-16(18)19-8-5-11-27-19/h3-8,11H,9-10H2,1-2H3,(H,23,26)(H,24,25). The van der Waals surface area contributed by atoms with E-state index in [9.17, 15) is 9.59 Å². The van der Waals surface area contributed by atoms with Gasteiger partial charge in [-0.15, -0.1) is 11.3 Å². The van der Waals surface area contributed by atoms with Crippen molar-refractivity contribution in [1.82, 2.24) is 4.98 Å². The molecule has 0 saturated carbocycles. The lowest BCUT2D eigenvalue weighted by Gasteiger charge is -2.12. The molecule has 2 heterocycles. The van der Waals surface area contributed by atoms with E-state index in [4.69, 9.17) is 5.26 Å². The summed E-state index contributed by atoms with van der Waals surface area (Å²) in [6, 6.07) is 13.6. The summed E-state index contributed by atoms with van der Waals surface area (Å²) in [6.07, 6.45) is 0.716. The lowest BCUT2D eigenvalue weighted by molar-refractivity contribution is -0.116. The number of hydrogen-bond acceptors (Lipinski definition) is 4. The normalized spacial score (nSPS) is 10.4. The highest BCUT2D eigenvalue weighted by molar-refractivity contribution is 7.13. The predicted molar refractivity (Wildman–Crippen MR) is 108 cm³/mol. The number of benzene rings is 1. The number of anilines is 1. The molecule has 6 heteroatoms. The molecule has 27 heavy (non-hydrogen) atoms. The van der Waals surface area contributed by atoms with E-state index < -0.39 is 0 Å². The number of aromatic nitrogens is 1. The van der Waals surface area contributed by atoms with Crippen LogP contribution >= 0.6 is 11.3 Å². The van der Waals surface area contributed by atoms with Crippen LogP contribution in [0.5, 0.6) is 0 Å². The summed E-state index contributed by atoms with van der Waals surface area (Å²) in [5, 5.41) is 14.1. The maximum Gasteiger partial charge on any atom is 0.266 e. The minimum atomic E-state index is -0.384. The van der Waals surface area contributed by atoms with Crippen LogP contribution in [0.2, 0.25) is 0 Å². The van der Waals surface area contributed by atoms with E-state index in [0.29, 0.717) is 17.7 Å². The van der Waals surface area contributed by atoms with Crippen LogP contribution in [0.4, 0.5) is 5.69 Å². The molecule has 0 aliphatic heterocycles. The van der Waals surface area contributed by atoms with Crippen molar-refractivity contribution >= 4 is 22.9 Å². The van der Waals surface area contributed by atoms with Crippen molar-refractivity contribution in [1.29, 1.82) is 5.26 Å². The van der Waals surface area contributed by atoms with E-state index in [1.54, 1.807) is 25.2 Å². The average Bonchev–Trinajstić information content (AvgIpc) is 3.16. The largest absolute Gasteiger partial charge is 0.325 e. The van der Waals surface area contributed by atoms with E-state index in [2.05, 4.69) is 10.3 Å². The molecule has 1 aromatic carbocycles. The highest BCUT2D eigenvalue weighted by Crippen LogP contribution is 2.31. The Labute approximate surface area is 161 Å². The number of aryl methyl sites for hydroxylation is 1. The molecule has 0 fully saturated rings. The number of H-pyrrole nitrogens is 1. The van der Waals surface area contributed by atoms with Crippen molar-refractivity contribution in [2.75, 3.05) is 5.32 Å². The number of aromatic amines is 1. The third kappa shape index (κ3) is 3.99. The van der Waals surface area contributed by atoms with Crippen molar-refractivity contribution in [3.05, 3.63) is 74.5 Å². The molecule has 0 aliphatic rings. The Morgan fingerprint density at radius 3 is 2.70 bits per heavy atom. The Kier molecular flexibility index (Phi) is 5.53. The molecular formula is C21H19N3O2S. The molecule has 0 atom stereocenters. The van der Waals surface area contributed by atoms with Gasteiger partial charge in [-0.2, -0.15) is 5.26 Å². The van der Waals surface area contributed by atoms with Gasteiger partial charge in [-0.3, -0.25) is 9.59 Å². The lowest BCUT2D eigenvalue weighted by Crippen LogP contribution is -2.18. The van der Waals surface area contributed by atoms with E-state index >= 15 is 0 Å². The predicted octanol–water partition coefficient (Wildman–Crippen LogP) is 4.16. The quantitative estimate of drug-likeness (QED) is 0.700. The van der Waals surface area contributed by atoms with Crippen LogP contribution in [-0.4, -0.2) is 10.9 Å². The number of nitrogens with zero attached hydrogens (tertiary/aromatic N) is 1. The number of carbonyl (C=O) groups is 1. The minimum Gasteiger partial charge on any atom is -0.325 e. The summed E-state index contributed by atoms with van der Waals surface area (Å²) in [4.78, 5) is 28.1. The summed E-state index contributed by atoms with van der Waals surface area (Å²) in [5.74, 6) is -0.109. The second-order valence-corrected chi connectivity index (χ2v) is 7.19. The van der Waals surface area contributed by atoms with Gasteiger partial charge in [0, 0.05) is 28.2 Å². The molecule has 136 valence electrons. The fraction of sp³-hybridized carbons (Fsp3) is 0.190. The van der Waals surface area contributed by atoms with Crippen LogP contribution < -0.4 is 10.9 Å². The number of amides is 1. The van der Waals surface area contributed by atoms with Gasteiger partial charge in [-0.25, -0.2) is 0 Å². The monoisotopic (exact) mass is 377 g/mol. The maximum absolute atomic E-state index is 12.5. The van der Waals surface area contributed by atoms with Crippen LogP contribution in [0.25, 0.3) is 10.4 Å². The van der Waals surface area contributed by atoms with E-state index in [-0.39, 0.29) is 23.5 Å². The number of para-hydroxylation sites is 1. The lowest BCUT2D eigenvalue weighted by atomic mass is 9.99. The molecule has 3 aromatic rings. The van der Waals surface area contributed by atoms with Crippen LogP contribution in [0, 0.1) is 25.2 Å².